The first-order valence-corrected chi connectivity index (χ1v) is 7.51. The van der Waals surface area contributed by atoms with Crippen molar-refractivity contribution < 1.29 is 13.9 Å². The van der Waals surface area contributed by atoms with E-state index in [2.05, 4.69) is 5.10 Å². The molecule has 4 nitrogen and oxygen atoms in total. The summed E-state index contributed by atoms with van der Waals surface area (Å²) in [5, 5.41) is 4.14. The Morgan fingerprint density at radius 2 is 2.04 bits per heavy atom. The fraction of sp³-hybridized carbons (Fsp3) is 0.158. The van der Waals surface area contributed by atoms with Crippen molar-refractivity contribution in [2.75, 3.05) is 7.11 Å². The molecule has 122 valence electrons. The molecule has 0 amide bonds. The molecule has 0 bridgehead atoms. The molecule has 0 N–H and O–H groups in total. The van der Waals surface area contributed by atoms with Gasteiger partial charge in [0.15, 0.2) is 5.78 Å². The summed E-state index contributed by atoms with van der Waals surface area (Å²) in [5.74, 6) is 0.0344. The molecule has 24 heavy (non-hydrogen) atoms. The normalized spacial score (nSPS) is 10.6. The Morgan fingerprint density at radius 3 is 2.71 bits per heavy atom. The molecular weight excluding hydrogens is 307 g/mol. The molecule has 2 aromatic carbocycles. The van der Waals surface area contributed by atoms with Crippen molar-refractivity contribution in [3.8, 4) is 16.9 Å². The van der Waals surface area contributed by atoms with E-state index in [1.807, 2.05) is 25.4 Å². The topological polar surface area (TPSA) is 44.1 Å². The number of ketones is 1. The second kappa shape index (κ2) is 6.66. The van der Waals surface area contributed by atoms with Gasteiger partial charge in [-0.05, 0) is 35.4 Å². The van der Waals surface area contributed by atoms with E-state index < -0.39 is 0 Å². The third-order valence-electron chi connectivity index (χ3n) is 3.79. The largest absolute Gasteiger partial charge is 0.496 e. The molecule has 1 aromatic heterocycles. The lowest BCUT2D eigenvalue weighted by Crippen LogP contribution is -2.06. The number of aryl methyl sites for hydroxylation is 1. The van der Waals surface area contributed by atoms with E-state index >= 15 is 0 Å². The van der Waals surface area contributed by atoms with Crippen molar-refractivity contribution in [3.63, 3.8) is 0 Å². The fourth-order valence-electron chi connectivity index (χ4n) is 2.60. The minimum Gasteiger partial charge on any atom is -0.496 e. The van der Waals surface area contributed by atoms with Crippen molar-refractivity contribution in [1.82, 2.24) is 9.78 Å². The second-order valence-electron chi connectivity index (χ2n) is 5.55. The maximum Gasteiger partial charge on any atom is 0.170 e. The Balaban J connectivity index is 1.88. The summed E-state index contributed by atoms with van der Waals surface area (Å²) < 4.78 is 20.4. The molecule has 0 radical (unpaired) electrons. The Kier molecular flexibility index (Phi) is 4.42. The number of rotatable bonds is 5. The van der Waals surface area contributed by atoms with Crippen LogP contribution in [0.25, 0.3) is 11.1 Å². The molecule has 0 spiro atoms. The van der Waals surface area contributed by atoms with Crippen LogP contribution in [0.5, 0.6) is 5.75 Å². The van der Waals surface area contributed by atoms with Crippen LogP contribution >= 0.6 is 0 Å². The molecule has 0 atom stereocenters. The quantitative estimate of drug-likeness (QED) is 0.673. The highest BCUT2D eigenvalue weighted by Crippen LogP contribution is 2.28. The number of hydrogen-bond donors (Lipinski definition) is 0. The van der Waals surface area contributed by atoms with Crippen LogP contribution in [0.3, 0.4) is 0 Å². The molecular formula is C19H17FN2O2. The Labute approximate surface area is 139 Å². The summed E-state index contributed by atoms with van der Waals surface area (Å²) in [5.41, 5.74) is 2.98. The van der Waals surface area contributed by atoms with Gasteiger partial charge >= 0.3 is 0 Å². The summed E-state index contributed by atoms with van der Waals surface area (Å²) in [4.78, 5) is 12.5. The monoisotopic (exact) mass is 324 g/mol. The van der Waals surface area contributed by atoms with Crippen LogP contribution in [-0.2, 0) is 13.5 Å². The predicted octanol–water partition coefficient (Wildman–Crippen LogP) is 3.66. The number of aromatic nitrogens is 2. The number of benzene rings is 2. The van der Waals surface area contributed by atoms with E-state index in [4.69, 9.17) is 4.74 Å². The highest BCUT2D eigenvalue weighted by Gasteiger charge is 2.15. The van der Waals surface area contributed by atoms with E-state index in [1.54, 1.807) is 29.1 Å². The number of nitrogens with zero attached hydrogens (tertiary/aromatic N) is 2. The highest BCUT2D eigenvalue weighted by atomic mass is 19.1. The Hall–Kier alpha value is -2.95. The van der Waals surface area contributed by atoms with Crippen LogP contribution < -0.4 is 4.74 Å². The van der Waals surface area contributed by atoms with E-state index in [-0.39, 0.29) is 18.0 Å². The summed E-state index contributed by atoms with van der Waals surface area (Å²) in [6.45, 7) is 0. The summed E-state index contributed by atoms with van der Waals surface area (Å²) >= 11 is 0. The number of ether oxygens (including phenoxy) is 1. The number of Topliss-reactive ketones (excluding diaryl/α,β-unsaturated/α-hetero) is 1. The lowest BCUT2D eigenvalue weighted by atomic mass is 9.99. The van der Waals surface area contributed by atoms with Crippen molar-refractivity contribution in [2.45, 2.75) is 6.42 Å². The summed E-state index contributed by atoms with van der Waals surface area (Å²) in [6, 6.07) is 11.5. The summed E-state index contributed by atoms with van der Waals surface area (Å²) in [6.07, 6.45) is 3.77. The van der Waals surface area contributed by atoms with Gasteiger partial charge in [-0.1, -0.05) is 18.2 Å². The molecule has 0 fully saturated rings. The first-order chi connectivity index (χ1) is 11.6. The van der Waals surface area contributed by atoms with E-state index in [0.717, 1.165) is 11.1 Å². The predicted molar refractivity (Wildman–Crippen MR) is 89.6 cm³/mol. The number of hydrogen-bond acceptors (Lipinski definition) is 3. The van der Waals surface area contributed by atoms with Gasteiger partial charge in [0, 0.05) is 25.2 Å². The lowest BCUT2D eigenvalue weighted by molar-refractivity contribution is 0.0990. The van der Waals surface area contributed by atoms with Gasteiger partial charge in [-0.15, -0.1) is 0 Å². The van der Waals surface area contributed by atoms with Crippen molar-refractivity contribution in [1.29, 1.82) is 0 Å². The zero-order valence-electron chi connectivity index (χ0n) is 13.5. The minimum absolute atomic E-state index is 0.116. The number of methoxy groups -OCH3 is 1. The van der Waals surface area contributed by atoms with Crippen LogP contribution in [0.15, 0.2) is 54.9 Å². The van der Waals surface area contributed by atoms with Crippen molar-refractivity contribution in [3.05, 3.63) is 71.8 Å². The smallest absolute Gasteiger partial charge is 0.170 e. The molecule has 3 aromatic rings. The van der Waals surface area contributed by atoms with Crippen LogP contribution in [0.4, 0.5) is 4.39 Å². The van der Waals surface area contributed by atoms with E-state index in [1.165, 1.54) is 19.2 Å². The Morgan fingerprint density at radius 1 is 1.21 bits per heavy atom. The zero-order valence-corrected chi connectivity index (χ0v) is 13.5. The number of halogens is 1. The molecule has 0 aliphatic rings. The molecule has 0 saturated carbocycles. The highest BCUT2D eigenvalue weighted by molar-refractivity contribution is 6.00. The van der Waals surface area contributed by atoms with Crippen LogP contribution in [0.1, 0.15) is 15.9 Å². The van der Waals surface area contributed by atoms with Gasteiger partial charge in [0.2, 0.25) is 0 Å². The third-order valence-corrected chi connectivity index (χ3v) is 3.79. The maximum absolute atomic E-state index is 13.3. The van der Waals surface area contributed by atoms with Crippen molar-refractivity contribution >= 4 is 5.78 Å². The standard InChI is InChI=1S/C19H17FN2O2/c1-22-12-15(11-21-22)14-6-7-17(19(10-14)24-2)18(23)9-13-4-3-5-16(20)8-13/h3-8,10-12H,9H2,1-2H3. The van der Waals surface area contributed by atoms with Gasteiger partial charge in [0.05, 0.1) is 18.9 Å². The van der Waals surface area contributed by atoms with Crippen LogP contribution in [0.2, 0.25) is 0 Å². The molecule has 1 heterocycles. The van der Waals surface area contributed by atoms with Gasteiger partial charge in [-0.25, -0.2) is 4.39 Å². The Bertz CT molecular complexity index is 887. The average molecular weight is 324 g/mol. The molecule has 0 unspecified atom stereocenters. The van der Waals surface area contributed by atoms with E-state index in [0.29, 0.717) is 16.9 Å². The molecule has 0 aliphatic carbocycles. The molecule has 0 saturated heterocycles. The SMILES string of the molecule is COc1cc(-c2cnn(C)c2)ccc1C(=O)Cc1cccc(F)c1. The minimum atomic E-state index is -0.348. The van der Waals surface area contributed by atoms with Crippen molar-refractivity contribution in [2.24, 2.45) is 7.05 Å². The van der Waals surface area contributed by atoms with Gasteiger partial charge in [-0.3, -0.25) is 9.48 Å². The zero-order chi connectivity index (χ0) is 17.1. The fourth-order valence-corrected chi connectivity index (χ4v) is 2.60. The maximum atomic E-state index is 13.3. The first kappa shape index (κ1) is 15.9. The lowest BCUT2D eigenvalue weighted by Gasteiger charge is -2.10. The second-order valence-corrected chi connectivity index (χ2v) is 5.55. The number of carbonyl (C=O) groups is 1. The van der Waals surface area contributed by atoms with E-state index in [9.17, 15) is 9.18 Å². The third kappa shape index (κ3) is 3.35. The van der Waals surface area contributed by atoms with Gasteiger partial charge < -0.3 is 4.74 Å². The van der Waals surface area contributed by atoms with Gasteiger partial charge in [0.1, 0.15) is 11.6 Å². The molecule has 3 rings (SSSR count). The van der Waals surface area contributed by atoms with Gasteiger partial charge in [0.25, 0.3) is 0 Å². The van der Waals surface area contributed by atoms with Crippen LogP contribution in [0, 0.1) is 5.82 Å². The summed E-state index contributed by atoms with van der Waals surface area (Å²) in [7, 11) is 3.37. The molecule has 5 heteroatoms. The average Bonchev–Trinajstić information content (AvgIpc) is 3.00. The van der Waals surface area contributed by atoms with Gasteiger partial charge in [-0.2, -0.15) is 5.10 Å². The van der Waals surface area contributed by atoms with Crippen LogP contribution in [-0.4, -0.2) is 22.7 Å². The first-order valence-electron chi connectivity index (χ1n) is 7.51. The number of carbonyl (C=O) groups excluding carboxylic acids is 1. The molecule has 0 aliphatic heterocycles.